The number of piperidine rings is 1. The van der Waals surface area contributed by atoms with E-state index in [0.717, 1.165) is 6.20 Å². The quantitative estimate of drug-likeness (QED) is 0.267. The lowest BCUT2D eigenvalue weighted by molar-refractivity contribution is -0.141. The lowest BCUT2D eigenvalue weighted by atomic mass is 9.71. The number of carboxylic acids is 1. The van der Waals surface area contributed by atoms with Crippen LogP contribution in [-0.2, 0) is 11.2 Å². The number of ether oxygens (including phenoxy) is 1. The van der Waals surface area contributed by atoms with Crippen LogP contribution in [0.2, 0.25) is 0 Å². The minimum Gasteiger partial charge on any atom is -0.497 e. The molecule has 5 nitrogen and oxygen atoms in total. The molecule has 0 aliphatic carbocycles. The van der Waals surface area contributed by atoms with Crippen molar-refractivity contribution < 1.29 is 36.6 Å². The Labute approximate surface area is 223 Å². The third-order valence-electron chi connectivity index (χ3n) is 7.76. The van der Waals surface area contributed by atoms with E-state index in [0.29, 0.717) is 67.7 Å². The van der Waals surface area contributed by atoms with Gasteiger partial charge >= 0.3 is 5.97 Å². The molecule has 0 spiro atoms. The third kappa shape index (κ3) is 6.84. The van der Waals surface area contributed by atoms with Gasteiger partial charge in [0.25, 0.3) is 0 Å². The molecule has 1 aliphatic rings. The largest absolute Gasteiger partial charge is 0.497 e. The Morgan fingerprint density at radius 3 is 2.44 bits per heavy atom. The van der Waals surface area contributed by atoms with Gasteiger partial charge in [0.15, 0.2) is 0 Å². The number of nitrogens with zero attached hydrogens (tertiary/aromatic N) is 2. The molecule has 1 aliphatic heterocycles. The molecule has 0 radical (unpaired) electrons. The molecule has 1 N–H and O–H groups in total. The normalized spacial score (nSPS) is 16.4. The number of carboxylic acid groups (broad SMARTS) is 1. The van der Waals surface area contributed by atoms with Crippen LogP contribution in [0.25, 0.3) is 10.9 Å². The zero-order valence-corrected chi connectivity index (χ0v) is 21.7. The number of aliphatic carboxylic acids is 1. The zero-order chi connectivity index (χ0) is 28.2. The van der Waals surface area contributed by atoms with E-state index < -0.39 is 40.8 Å². The van der Waals surface area contributed by atoms with Crippen LogP contribution in [0.4, 0.5) is 22.0 Å². The molecule has 1 fully saturated rings. The number of alkyl halides is 1. The fourth-order valence-corrected chi connectivity index (χ4v) is 5.57. The van der Waals surface area contributed by atoms with Gasteiger partial charge in [-0.2, -0.15) is 0 Å². The smallest absolute Gasteiger partial charge is 0.303 e. The van der Waals surface area contributed by atoms with Crippen LogP contribution in [0, 0.1) is 28.7 Å². The van der Waals surface area contributed by atoms with Crippen molar-refractivity contribution in [2.75, 3.05) is 26.7 Å². The van der Waals surface area contributed by atoms with Crippen molar-refractivity contribution in [2.24, 2.45) is 5.41 Å². The highest BCUT2D eigenvalue weighted by Crippen LogP contribution is 2.43. The van der Waals surface area contributed by atoms with Crippen LogP contribution in [0.5, 0.6) is 5.75 Å². The van der Waals surface area contributed by atoms with E-state index in [1.54, 1.807) is 18.2 Å². The molecule has 0 bridgehead atoms. The third-order valence-corrected chi connectivity index (χ3v) is 7.76. The van der Waals surface area contributed by atoms with Crippen LogP contribution in [-0.4, -0.2) is 47.7 Å². The zero-order valence-electron chi connectivity index (χ0n) is 21.7. The van der Waals surface area contributed by atoms with Crippen molar-refractivity contribution in [3.8, 4) is 5.75 Å². The minimum absolute atomic E-state index is 0.0519. The number of halogens is 5. The van der Waals surface area contributed by atoms with Gasteiger partial charge in [-0.25, -0.2) is 22.0 Å². The van der Waals surface area contributed by atoms with Crippen molar-refractivity contribution in [1.82, 2.24) is 9.88 Å². The maximum Gasteiger partial charge on any atom is 0.303 e. The van der Waals surface area contributed by atoms with Crippen LogP contribution < -0.4 is 4.74 Å². The summed E-state index contributed by atoms with van der Waals surface area (Å²) in [4.78, 5) is 17.8. The predicted octanol–water partition coefficient (Wildman–Crippen LogP) is 6.78. The summed E-state index contributed by atoms with van der Waals surface area (Å²) in [7, 11) is 1.46. The van der Waals surface area contributed by atoms with Gasteiger partial charge in [0.05, 0.1) is 25.2 Å². The number of methoxy groups -OCH3 is 1. The molecule has 4 rings (SSSR count). The molecule has 3 aromatic rings. The molecule has 0 amide bonds. The number of hydrogen-bond donors (Lipinski definition) is 1. The van der Waals surface area contributed by atoms with Gasteiger partial charge in [-0.05, 0) is 81.8 Å². The van der Waals surface area contributed by atoms with Gasteiger partial charge in [-0.3, -0.25) is 9.78 Å². The second kappa shape index (κ2) is 12.3. The van der Waals surface area contributed by atoms with Crippen LogP contribution in [0.3, 0.4) is 0 Å². The maximum atomic E-state index is 15.6. The fraction of sp³-hybridized carbons (Fsp3) is 0.448. The van der Waals surface area contributed by atoms with Crippen molar-refractivity contribution in [3.05, 3.63) is 70.9 Å². The van der Waals surface area contributed by atoms with E-state index in [1.807, 2.05) is 0 Å². The molecule has 2 heterocycles. The minimum atomic E-state index is -1.66. The molecule has 10 heteroatoms. The number of fused-ring (bicyclic) bond motifs is 1. The van der Waals surface area contributed by atoms with E-state index in [9.17, 15) is 27.5 Å². The van der Waals surface area contributed by atoms with Gasteiger partial charge in [0, 0.05) is 28.6 Å². The monoisotopic (exact) mass is 550 g/mol. The maximum absolute atomic E-state index is 15.6. The molecular formula is C29H31F5N2O3. The summed E-state index contributed by atoms with van der Waals surface area (Å²) in [5.74, 6) is -4.09. The van der Waals surface area contributed by atoms with Crippen molar-refractivity contribution in [2.45, 2.75) is 51.1 Å². The average molecular weight is 551 g/mol. The van der Waals surface area contributed by atoms with E-state index >= 15 is 4.39 Å². The first-order chi connectivity index (χ1) is 18.6. The van der Waals surface area contributed by atoms with Crippen LogP contribution >= 0.6 is 0 Å². The van der Waals surface area contributed by atoms with Gasteiger partial charge in [-0.1, -0.05) is 0 Å². The first-order valence-corrected chi connectivity index (χ1v) is 12.9. The Bertz CT molecular complexity index is 1300. The summed E-state index contributed by atoms with van der Waals surface area (Å²) < 4.78 is 76.4. The number of pyridine rings is 1. The number of carbonyl (C=O) groups is 1. The number of benzene rings is 2. The van der Waals surface area contributed by atoms with Gasteiger partial charge in [0.1, 0.15) is 35.2 Å². The highest BCUT2D eigenvalue weighted by atomic mass is 19.2. The second-order valence-corrected chi connectivity index (χ2v) is 10.3. The Kier molecular flexibility index (Phi) is 9.04. The van der Waals surface area contributed by atoms with E-state index in [4.69, 9.17) is 4.74 Å². The Morgan fingerprint density at radius 2 is 1.79 bits per heavy atom. The Morgan fingerprint density at radius 1 is 1.10 bits per heavy atom. The number of rotatable bonds is 11. The first-order valence-electron chi connectivity index (χ1n) is 12.9. The van der Waals surface area contributed by atoms with Crippen LogP contribution in [0.15, 0.2) is 36.5 Å². The number of aromatic nitrogens is 1. The Hall–Kier alpha value is -3.27. The molecule has 1 atom stereocenters. The summed E-state index contributed by atoms with van der Waals surface area (Å²) in [6.45, 7) is 1.62. The number of hydrogen-bond acceptors (Lipinski definition) is 4. The van der Waals surface area contributed by atoms with E-state index in [1.165, 1.54) is 7.11 Å². The highest BCUT2D eigenvalue weighted by Gasteiger charge is 2.37. The van der Waals surface area contributed by atoms with Gasteiger partial charge in [0.2, 0.25) is 0 Å². The van der Waals surface area contributed by atoms with Crippen molar-refractivity contribution >= 4 is 16.9 Å². The van der Waals surface area contributed by atoms with Gasteiger partial charge in [-0.15, -0.1) is 0 Å². The summed E-state index contributed by atoms with van der Waals surface area (Å²) in [5, 5.41) is 9.89. The topological polar surface area (TPSA) is 62.7 Å². The molecule has 0 saturated carbocycles. The van der Waals surface area contributed by atoms with Crippen LogP contribution in [0.1, 0.15) is 55.8 Å². The molecular weight excluding hydrogens is 519 g/mol. The standard InChI is InChI=1S/C29H31F5N2O3/c1-39-19-4-5-26-21(15-19)28(25(34)17-35-26)22(31)6-7-29(16-27(37)38)8-11-36(12-9-29)10-2-3-20-23(32)13-18(30)14-24(20)33/h4-5,13-15,17,22H,2-3,6-12,16H2,1H3,(H,37,38). The predicted molar refractivity (Wildman–Crippen MR) is 136 cm³/mol. The van der Waals surface area contributed by atoms with Gasteiger partial charge < -0.3 is 14.7 Å². The SMILES string of the molecule is COc1ccc2ncc(F)c(C(F)CCC3(CC(=O)O)CCN(CCCc4c(F)cc(F)cc4F)CC3)c2c1. The van der Waals surface area contributed by atoms with E-state index in [-0.39, 0.29) is 36.8 Å². The molecule has 210 valence electrons. The summed E-state index contributed by atoms with van der Waals surface area (Å²) in [6, 6.07) is 6.16. The van der Waals surface area contributed by atoms with Crippen molar-refractivity contribution in [1.29, 1.82) is 0 Å². The highest BCUT2D eigenvalue weighted by molar-refractivity contribution is 5.84. The van der Waals surface area contributed by atoms with Crippen molar-refractivity contribution in [3.63, 3.8) is 0 Å². The summed E-state index contributed by atoms with van der Waals surface area (Å²) >= 11 is 0. The summed E-state index contributed by atoms with van der Waals surface area (Å²) in [5.41, 5.74) is -0.485. The number of likely N-dealkylation sites (tertiary alicyclic amines) is 1. The average Bonchev–Trinajstić information content (AvgIpc) is 2.89. The Balaban J connectivity index is 1.39. The molecule has 2 aromatic carbocycles. The molecule has 1 unspecified atom stereocenters. The second-order valence-electron chi connectivity index (χ2n) is 10.3. The first kappa shape index (κ1) is 28.7. The molecule has 1 aromatic heterocycles. The molecule has 1 saturated heterocycles. The van der Waals surface area contributed by atoms with E-state index in [2.05, 4.69) is 9.88 Å². The summed E-state index contributed by atoms with van der Waals surface area (Å²) in [6.07, 6.45) is 0.948. The lowest BCUT2D eigenvalue weighted by Gasteiger charge is -2.41. The lowest BCUT2D eigenvalue weighted by Crippen LogP contribution is -2.41. The fourth-order valence-electron chi connectivity index (χ4n) is 5.57. The molecule has 39 heavy (non-hydrogen) atoms.